The van der Waals surface area contributed by atoms with Gasteiger partial charge in [0.05, 0.1) is 24.8 Å². The SMILES string of the molecule is O=C(NC1COC1)c1cccc(O)c1O. The van der Waals surface area contributed by atoms with Crippen LogP contribution in [0.25, 0.3) is 0 Å². The molecule has 1 amide bonds. The highest BCUT2D eigenvalue weighted by Gasteiger charge is 2.22. The van der Waals surface area contributed by atoms with E-state index < -0.39 is 11.7 Å². The molecule has 1 aliphatic rings. The Balaban J connectivity index is 2.13. The molecule has 0 atom stereocenters. The Labute approximate surface area is 86.3 Å². The summed E-state index contributed by atoms with van der Waals surface area (Å²) in [6.07, 6.45) is 0. The highest BCUT2D eigenvalue weighted by Crippen LogP contribution is 2.28. The van der Waals surface area contributed by atoms with Gasteiger partial charge in [0, 0.05) is 0 Å². The van der Waals surface area contributed by atoms with Crippen molar-refractivity contribution in [3.8, 4) is 11.5 Å². The molecule has 80 valence electrons. The summed E-state index contributed by atoms with van der Waals surface area (Å²) < 4.78 is 4.90. The molecular formula is C10H11NO4. The van der Waals surface area contributed by atoms with Crippen molar-refractivity contribution in [3.05, 3.63) is 23.8 Å². The maximum atomic E-state index is 11.6. The molecule has 1 fully saturated rings. The molecule has 0 aliphatic carbocycles. The van der Waals surface area contributed by atoms with E-state index in [0.29, 0.717) is 13.2 Å². The van der Waals surface area contributed by atoms with Gasteiger partial charge in [0.2, 0.25) is 0 Å². The molecule has 0 aromatic heterocycles. The number of benzene rings is 1. The molecule has 5 nitrogen and oxygen atoms in total. The van der Waals surface area contributed by atoms with Crippen molar-refractivity contribution in [1.82, 2.24) is 5.32 Å². The first kappa shape index (κ1) is 9.79. The Kier molecular flexibility index (Phi) is 2.47. The zero-order valence-electron chi connectivity index (χ0n) is 7.93. The highest BCUT2D eigenvalue weighted by molar-refractivity contribution is 5.97. The van der Waals surface area contributed by atoms with E-state index in [9.17, 15) is 15.0 Å². The fourth-order valence-corrected chi connectivity index (χ4v) is 1.30. The van der Waals surface area contributed by atoms with Crippen molar-refractivity contribution in [2.75, 3.05) is 13.2 Å². The average molecular weight is 209 g/mol. The number of phenolic OH excluding ortho intramolecular Hbond substituents is 2. The molecule has 1 saturated heterocycles. The van der Waals surface area contributed by atoms with E-state index in [-0.39, 0.29) is 17.4 Å². The quantitative estimate of drug-likeness (QED) is 0.609. The van der Waals surface area contributed by atoms with Crippen LogP contribution in [0.15, 0.2) is 18.2 Å². The first-order valence-corrected chi connectivity index (χ1v) is 4.58. The molecule has 15 heavy (non-hydrogen) atoms. The van der Waals surface area contributed by atoms with Crippen LogP contribution in [0, 0.1) is 0 Å². The van der Waals surface area contributed by atoms with Crippen LogP contribution in [0.5, 0.6) is 11.5 Å². The van der Waals surface area contributed by atoms with E-state index in [4.69, 9.17) is 4.74 Å². The van der Waals surface area contributed by atoms with E-state index >= 15 is 0 Å². The first-order valence-electron chi connectivity index (χ1n) is 4.58. The second-order valence-electron chi connectivity index (χ2n) is 3.38. The minimum atomic E-state index is -0.406. The Morgan fingerprint density at radius 1 is 1.40 bits per heavy atom. The number of rotatable bonds is 2. The van der Waals surface area contributed by atoms with E-state index in [0.717, 1.165) is 0 Å². The number of ether oxygens (including phenoxy) is 1. The third kappa shape index (κ3) is 1.87. The number of aromatic hydroxyl groups is 2. The molecule has 0 unspecified atom stereocenters. The molecule has 1 aromatic carbocycles. The van der Waals surface area contributed by atoms with Gasteiger partial charge in [-0.2, -0.15) is 0 Å². The molecule has 5 heteroatoms. The summed E-state index contributed by atoms with van der Waals surface area (Å²) in [6, 6.07) is 4.27. The molecule has 0 saturated carbocycles. The summed E-state index contributed by atoms with van der Waals surface area (Å²) in [6.45, 7) is 0.983. The molecule has 0 spiro atoms. The number of para-hydroxylation sites is 1. The van der Waals surface area contributed by atoms with Crippen molar-refractivity contribution in [1.29, 1.82) is 0 Å². The van der Waals surface area contributed by atoms with Gasteiger partial charge in [-0.1, -0.05) is 6.07 Å². The van der Waals surface area contributed by atoms with Crippen LogP contribution in [-0.2, 0) is 4.74 Å². The number of phenols is 2. The predicted molar refractivity (Wildman–Crippen MR) is 51.8 cm³/mol. The van der Waals surface area contributed by atoms with Gasteiger partial charge in [0.25, 0.3) is 5.91 Å². The van der Waals surface area contributed by atoms with Crippen molar-refractivity contribution >= 4 is 5.91 Å². The molecule has 1 heterocycles. The van der Waals surface area contributed by atoms with Crippen molar-refractivity contribution < 1.29 is 19.7 Å². The monoisotopic (exact) mass is 209 g/mol. The van der Waals surface area contributed by atoms with E-state index in [1.165, 1.54) is 18.2 Å². The van der Waals surface area contributed by atoms with Crippen LogP contribution in [0.4, 0.5) is 0 Å². The molecular weight excluding hydrogens is 198 g/mol. The van der Waals surface area contributed by atoms with Crippen LogP contribution in [-0.4, -0.2) is 35.4 Å². The van der Waals surface area contributed by atoms with E-state index in [2.05, 4.69) is 5.32 Å². The van der Waals surface area contributed by atoms with Crippen LogP contribution in [0.1, 0.15) is 10.4 Å². The minimum absolute atomic E-state index is 0.000695. The van der Waals surface area contributed by atoms with Crippen LogP contribution in [0.3, 0.4) is 0 Å². The lowest BCUT2D eigenvalue weighted by molar-refractivity contribution is -0.00350. The second-order valence-corrected chi connectivity index (χ2v) is 3.38. The molecule has 0 radical (unpaired) electrons. The second kappa shape index (κ2) is 3.78. The lowest BCUT2D eigenvalue weighted by Gasteiger charge is -2.26. The van der Waals surface area contributed by atoms with Crippen LogP contribution < -0.4 is 5.32 Å². The maximum absolute atomic E-state index is 11.6. The Morgan fingerprint density at radius 2 is 2.13 bits per heavy atom. The summed E-state index contributed by atoms with van der Waals surface area (Å²) in [5.74, 6) is -1.10. The standard InChI is InChI=1S/C10H11NO4/c12-8-3-1-2-7(9(8)13)10(14)11-6-4-15-5-6/h1-3,6,12-13H,4-5H2,(H,11,14). The largest absolute Gasteiger partial charge is 0.504 e. The first-order chi connectivity index (χ1) is 7.18. The predicted octanol–water partition coefficient (Wildman–Crippen LogP) is 0.226. The summed E-state index contributed by atoms with van der Waals surface area (Å²) in [4.78, 5) is 11.6. The van der Waals surface area contributed by atoms with Crippen molar-refractivity contribution in [2.24, 2.45) is 0 Å². The van der Waals surface area contributed by atoms with Crippen LogP contribution in [0.2, 0.25) is 0 Å². The molecule has 0 bridgehead atoms. The number of hydrogen-bond donors (Lipinski definition) is 3. The van der Waals surface area contributed by atoms with Gasteiger partial charge in [-0.3, -0.25) is 4.79 Å². The lowest BCUT2D eigenvalue weighted by Crippen LogP contribution is -2.48. The number of hydrogen-bond acceptors (Lipinski definition) is 4. The number of carbonyl (C=O) groups excluding carboxylic acids is 1. The Hall–Kier alpha value is -1.75. The normalized spacial score (nSPS) is 15.7. The van der Waals surface area contributed by atoms with Crippen molar-refractivity contribution in [2.45, 2.75) is 6.04 Å². The third-order valence-electron chi connectivity index (χ3n) is 2.23. The van der Waals surface area contributed by atoms with Gasteiger partial charge in [0.1, 0.15) is 0 Å². The topological polar surface area (TPSA) is 78.8 Å². The summed E-state index contributed by atoms with van der Waals surface area (Å²) in [7, 11) is 0. The maximum Gasteiger partial charge on any atom is 0.255 e. The Bertz CT molecular complexity index is 387. The van der Waals surface area contributed by atoms with Gasteiger partial charge in [0.15, 0.2) is 11.5 Å². The van der Waals surface area contributed by atoms with Gasteiger partial charge in [-0.15, -0.1) is 0 Å². The van der Waals surface area contributed by atoms with E-state index in [1.54, 1.807) is 0 Å². The average Bonchev–Trinajstić information content (AvgIpc) is 2.15. The van der Waals surface area contributed by atoms with Crippen molar-refractivity contribution in [3.63, 3.8) is 0 Å². The Morgan fingerprint density at radius 3 is 2.73 bits per heavy atom. The zero-order valence-corrected chi connectivity index (χ0v) is 7.93. The number of nitrogens with one attached hydrogen (secondary N) is 1. The fourth-order valence-electron chi connectivity index (χ4n) is 1.30. The highest BCUT2D eigenvalue weighted by atomic mass is 16.5. The van der Waals surface area contributed by atoms with Crippen LogP contribution >= 0.6 is 0 Å². The van der Waals surface area contributed by atoms with Gasteiger partial charge in [-0.05, 0) is 12.1 Å². The molecule has 1 aromatic rings. The number of carbonyl (C=O) groups is 1. The number of amides is 1. The summed E-state index contributed by atoms with van der Waals surface area (Å²) in [5, 5.41) is 21.3. The van der Waals surface area contributed by atoms with Gasteiger partial charge in [-0.25, -0.2) is 0 Å². The van der Waals surface area contributed by atoms with Gasteiger partial charge >= 0.3 is 0 Å². The summed E-state index contributed by atoms with van der Waals surface area (Å²) in [5.41, 5.74) is 0.0712. The lowest BCUT2D eigenvalue weighted by atomic mass is 10.1. The van der Waals surface area contributed by atoms with Gasteiger partial charge < -0.3 is 20.3 Å². The molecule has 3 N–H and O–H groups in total. The minimum Gasteiger partial charge on any atom is -0.504 e. The molecule has 1 aliphatic heterocycles. The smallest absolute Gasteiger partial charge is 0.255 e. The fraction of sp³-hybridized carbons (Fsp3) is 0.300. The third-order valence-corrected chi connectivity index (χ3v) is 2.23. The summed E-state index contributed by atoms with van der Waals surface area (Å²) >= 11 is 0. The zero-order chi connectivity index (χ0) is 10.8. The molecule has 2 rings (SSSR count). The van der Waals surface area contributed by atoms with E-state index in [1.807, 2.05) is 0 Å².